The second-order valence-corrected chi connectivity index (χ2v) is 3.89. The third-order valence-corrected chi connectivity index (χ3v) is 2.67. The number of hydrogen-bond donors (Lipinski definition) is 0. The molecule has 5 heteroatoms. The highest BCUT2D eigenvalue weighted by Gasteiger charge is 2.18. The molecule has 2 aromatic rings. The summed E-state index contributed by atoms with van der Waals surface area (Å²) < 4.78 is 1.47. The lowest BCUT2D eigenvalue weighted by atomic mass is 10.1. The molecule has 4 nitrogen and oxygen atoms in total. The van der Waals surface area contributed by atoms with Crippen molar-refractivity contribution < 1.29 is 4.79 Å². The quantitative estimate of drug-likeness (QED) is 0.748. The van der Waals surface area contributed by atoms with E-state index in [1.54, 1.807) is 25.5 Å². The van der Waals surface area contributed by atoms with Crippen LogP contribution in [0.2, 0.25) is 5.02 Å². The van der Waals surface area contributed by atoms with Crippen molar-refractivity contribution in [1.29, 1.82) is 0 Å². The van der Waals surface area contributed by atoms with E-state index in [-0.39, 0.29) is 5.78 Å². The predicted molar refractivity (Wildman–Crippen MR) is 60.6 cm³/mol. The molecule has 0 amide bonds. The van der Waals surface area contributed by atoms with Crippen molar-refractivity contribution in [3.8, 4) is 0 Å². The zero-order valence-electron chi connectivity index (χ0n) is 8.94. The van der Waals surface area contributed by atoms with Crippen LogP contribution < -0.4 is 0 Å². The molecule has 0 saturated carbocycles. The van der Waals surface area contributed by atoms with E-state index >= 15 is 0 Å². The number of halogens is 1. The normalized spacial score (nSPS) is 10.4. The second kappa shape index (κ2) is 4.06. The molecule has 0 bridgehead atoms. The van der Waals surface area contributed by atoms with Crippen LogP contribution in [0.15, 0.2) is 24.7 Å². The molecule has 0 radical (unpaired) electrons. The topological polar surface area (TPSA) is 47.8 Å². The van der Waals surface area contributed by atoms with E-state index in [2.05, 4.69) is 10.1 Å². The van der Waals surface area contributed by atoms with Crippen LogP contribution in [0.1, 0.15) is 21.6 Å². The highest BCUT2D eigenvalue weighted by atomic mass is 35.5. The van der Waals surface area contributed by atoms with Gasteiger partial charge in [-0.3, -0.25) is 14.5 Å². The van der Waals surface area contributed by atoms with Gasteiger partial charge in [-0.2, -0.15) is 5.10 Å². The largest absolute Gasteiger partial charge is 0.287 e. The minimum atomic E-state index is -0.157. The highest BCUT2D eigenvalue weighted by Crippen LogP contribution is 2.19. The van der Waals surface area contributed by atoms with E-state index in [0.717, 1.165) is 5.56 Å². The molecule has 0 unspecified atom stereocenters. The molecule has 0 aliphatic carbocycles. The SMILES string of the molecule is Cc1ccncc1C(=O)c1c(Cl)cnn1C. The molecule has 0 saturated heterocycles. The summed E-state index contributed by atoms with van der Waals surface area (Å²) in [7, 11) is 1.69. The number of hydrogen-bond acceptors (Lipinski definition) is 3. The molecule has 0 aromatic carbocycles. The van der Waals surface area contributed by atoms with Crippen molar-refractivity contribution >= 4 is 17.4 Å². The summed E-state index contributed by atoms with van der Waals surface area (Å²) in [5.41, 5.74) is 1.81. The minimum Gasteiger partial charge on any atom is -0.287 e. The van der Waals surface area contributed by atoms with E-state index < -0.39 is 0 Å². The third kappa shape index (κ3) is 1.72. The Kier molecular flexibility index (Phi) is 2.75. The third-order valence-electron chi connectivity index (χ3n) is 2.39. The van der Waals surface area contributed by atoms with Gasteiger partial charge in [-0.15, -0.1) is 0 Å². The van der Waals surface area contributed by atoms with Crippen LogP contribution in [0.5, 0.6) is 0 Å². The average Bonchev–Trinajstić information content (AvgIpc) is 2.58. The maximum absolute atomic E-state index is 12.2. The van der Waals surface area contributed by atoms with Gasteiger partial charge in [0.15, 0.2) is 0 Å². The number of aryl methyl sites for hydroxylation is 2. The molecule has 0 aliphatic rings. The Bertz CT molecular complexity index is 528. The van der Waals surface area contributed by atoms with Crippen molar-refractivity contribution in [2.24, 2.45) is 7.05 Å². The van der Waals surface area contributed by atoms with E-state index in [1.807, 2.05) is 6.92 Å². The summed E-state index contributed by atoms with van der Waals surface area (Å²) in [6.07, 6.45) is 4.65. The zero-order valence-corrected chi connectivity index (χ0v) is 9.69. The van der Waals surface area contributed by atoms with E-state index in [1.165, 1.54) is 10.9 Å². The van der Waals surface area contributed by atoms with E-state index in [9.17, 15) is 4.79 Å². The van der Waals surface area contributed by atoms with Crippen molar-refractivity contribution in [3.05, 3.63) is 46.5 Å². The first-order valence-electron chi connectivity index (χ1n) is 4.74. The first kappa shape index (κ1) is 10.8. The van der Waals surface area contributed by atoms with Gasteiger partial charge in [-0.25, -0.2) is 0 Å². The lowest BCUT2D eigenvalue weighted by molar-refractivity contribution is 0.102. The molecule has 2 rings (SSSR count). The molecule has 0 N–H and O–H groups in total. The molecule has 0 aliphatic heterocycles. The Hall–Kier alpha value is -1.68. The van der Waals surface area contributed by atoms with Crippen LogP contribution in [0, 0.1) is 6.92 Å². The van der Waals surface area contributed by atoms with Crippen LogP contribution in [0.4, 0.5) is 0 Å². The maximum Gasteiger partial charge on any atom is 0.214 e. The number of carbonyl (C=O) groups is 1. The van der Waals surface area contributed by atoms with Crippen LogP contribution in [-0.2, 0) is 7.05 Å². The van der Waals surface area contributed by atoms with Crippen LogP contribution in [0.25, 0.3) is 0 Å². The fraction of sp³-hybridized carbons (Fsp3) is 0.182. The standard InChI is InChI=1S/C11H10ClN3O/c1-7-3-4-13-5-8(7)11(16)10-9(12)6-14-15(10)2/h3-6H,1-2H3. The molecule has 82 valence electrons. The molecule has 0 atom stereocenters. The van der Waals surface area contributed by atoms with Crippen LogP contribution in [-0.4, -0.2) is 20.5 Å². The van der Waals surface area contributed by atoms with Gasteiger partial charge >= 0.3 is 0 Å². The van der Waals surface area contributed by atoms with Crippen LogP contribution >= 0.6 is 11.6 Å². The molecule has 2 aromatic heterocycles. The van der Waals surface area contributed by atoms with Gasteiger partial charge in [-0.1, -0.05) is 11.6 Å². The minimum absolute atomic E-state index is 0.157. The molecule has 0 spiro atoms. The molecular formula is C11H10ClN3O. The van der Waals surface area contributed by atoms with E-state index in [4.69, 9.17) is 11.6 Å². The van der Waals surface area contributed by atoms with E-state index in [0.29, 0.717) is 16.3 Å². The molecule has 2 heterocycles. The summed E-state index contributed by atoms with van der Waals surface area (Å²) in [5.74, 6) is -0.157. The van der Waals surface area contributed by atoms with Gasteiger partial charge in [0.05, 0.1) is 11.2 Å². The summed E-state index contributed by atoms with van der Waals surface area (Å²) in [5, 5.41) is 4.29. The Labute approximate surface area is 97.9 Å². The molecular weight excluding hydrogens is 226 g/mol. The average molecular weight is 236 g/mol. The fourth-order valence-electron chi connectivity index (χ4n) is 1.50. The second-order valence-electron chi connectivity index (χ2n) is 3.48. The van der Waals surface area contributed by atoms with Gasteiger partial charge in [0.1, 0.15) is 5.69 Å². The number of carbonyl (C=O) groups excluding carboxylic acids is 1. The van der Waals surface area contributed by atoms with Crippen molar-refractivity contribution in [2.75, 3.05) is 0 Å². The number of rotatable bonds is 2. The summed E-state index contributed by atoms with van der Waals surface area (Å²) in [6, 6.07) is 1.79. The Morgan fingerprint density at radius 2 is 2.19 bits per heavy atom. The first-order chi connectivity index (χ1) is 7.61. The van der Waals surface area contributed by atoms with Crippen molar-refractivity contribution in [1.82, 2.24) is 14.8 Å². The predicted octanol–water partition coefficient (Wildman–Crippen LogP) is 2.01. The smallest absolute Gasteiger partial charge is 0.214 e. The fourth-order valence-corrected chi connectivity index (χ4v) is 1.75. The lowest BCUT2D eigenvalue weighted by Gasteiger charge is -2.04. The number of nitrogens with zero attached hydrogens (tertiary/aromatic N) is 3. The first-order valence-corrected chi connectivity index (χ1v) is 5.12. The van der Waals surface area contributed by atoms with Gasteiger partial charge in [0, 0.05) is 25.0 Å². The Morgan fingerprint density at radius 1 is 1.44 bits per heavy atom. The maximum atomic E-state index is 12.2. The monoisotopic (exact) mass is 235 g/mol. The number of ketones is 1. The van der Waals surface area contributed by atoms with Gasteiger partial charge in [-0.05, 0) is 18.6 Å². The van der Waals surface area contributed by atoms with Gasteiger partial charge in [0.25, 0.3) is 0 Å². The Balaban J connectivity index is 2.52. The van der Waals surface area contributed by atoms with Crippen LogP contribution in [0.3, 0.4) is 0 Å². The molecule has 16 heavy (non-hydrogen) atoms. The summed E-state index contributed by atoms with van der Waals surface area (Å²) >= 11 is 5.92. The van der Waals surface area contributed by atoms with Crippen molar-refractivity contribution in [2.45, 2.75) is 6.92 Å². The Morgan fingerprint density at radius 3 is 2.75 bits per heavy atom. The number of pyridine rings is 1. The van der Waals surface area contributed by atoms with Crippen molar-refractivity contribution in [3.63, 3.8) is 0 Å². The van der Waals surface area contributed by atoms with Gasteiger partial charge in [0.2, 0.25) is 5.78 Å². The summed E-state index contributed by atoms with van der Waals surface area (Å²) in [6.45, 7) is 1.86. The summed E-state index contributed by atoms with van der Waals surface area (Å²) in [4.78, 5) is 16.1. The number of aromatic nitrogens is 3. The zero-order chi connectivity index (χ0) is 11.7. The highest BCUT2D eigenvalue weighted by molar-refractivity contribution is 6.34. The molecule has 0 fully saturated rings. The lowest BCUT2D eigenvalue weighted by Crippen LogP contribution is -2.10. The van der Waals surface area contributed by atoms with Gasteiger partial charge < -0.3 is 0 Å².